The number of benzene rings is 1. The minimum atomic E-state index is -3.20. The van der Waals surface area contributed by atoms with Gasteiger partial charge in [-0.15, -0.1) is 0 Å². The van der Waals surface area contributed by atoms with Gasteiger partial charge in [-0.2, -0.15) is 0 Å². The van der Waals surface area contributed by atoms with Crippen molar-refractivity contribution in [2.45, 2.75) is 26.8 Å². The third-order valence-corrected chi connectivity index (χ3v) is 3.58. The minimum Gasteiger partial charge on any atom is -0.545 e. The van der Waals surface area contributed by atoms with E-state index in [-0.39, 0.29) is 0 Å². The number of hydrogen-bond donors (Lipinski definition) is 1. The monoisotopic (exact) mass is 314 g/mol. The lowest BCUT2D eigenvalue weighted by molar-refractivity contribution is -0.667. The van der Waals surface area contributed by atoms with Crippen molar-refractivity contribution in [3.63, 3.8) is 0 Å². The summed E-state index contributed by atoms with van der Waals surface area (Å²) in [5.74, 6) is 1.54. The molecule has 6 heteroatoms. The Balaban J connectivity index is 2.22. The molecule has 0 radical (unpaired) electrons. The second-order valence-corrected chi connectivity index (χ2v) is 7.27. The number of quaternary nitrogens is 1. The highest BCUT2D eigenvalue weighted by Crippen LogP contribution is 2.12. The van der Waals surface area contributed by atoms with Crippen molar-refractivity contribution in [1.29, 1.82) is 0 Å². The Morgan fingerprint density at radius 3 is 2.48 bits per heavy atom. The Bertz CT molecular complexity index is 498. The zero-order valence-corrected chi connectivity index (χ0v) is 13.9. The van der Waals surface area contributed by atoms with E-state index < -0.39 is 10.0 Å². The Morgan fingerprint density at radius 2 is 1.90 bits per heavy atom. The number of nitrogens with two attached hydrogens (primary N) is 1. The van der Waals surface area contributed by atoms with E-state index in [0.29, 0.717) is 19.0 Å². The maximum Gasteiger partial charge on any atom is 0.119 e. The fourth-order valence-electron chi connectivity index (χ4n) is 1.71. The highest BCUT2D eigenvalue weighted by Gasteiger charge is 1.99. The molecule has 120 valence electrons. The van der Waals surface area contributed by atoms with Gasteiger partial charge in [-0.05, 0) is 36.6 Å². The highest BCUT2D eigenvalue weighted by molar-refractivity contribution is 7.93. The Hall–Kier alpha value is -1.11. The fourth-order valence-corrected chi connectivity index (χ4v) is 2.15. The summed E-state index contributed by atoms with van der Waals surface area (Å²) in [6.07, 6.45) is 2.17. The topological polar surface area (TPSA) is 74.1 Å². The van der Waals surface area contributed by atoms with Crippen LogP contribution >= 0.6 is 0 Å². The van der Waals surface area contributed by atoms with Crippen molar-refractivity contribution >= 4 is 10.0 Å². The maximum absolute atomic E-state index is 10.8. The van der Waals surface area contributed by atoms with Gasteiger partial charge in [-0.25, -0.2) is 8.42 Å². The zero-order valence-electron chi connectivity index (χ0n) is 13.1. The van der Waals surface area contributed by atoms with Crippen molar-refractivity contribution in [2.75, 3.05) is 26.0 Å². The summed E-state index contributed by atoms with van der Waals surface area (Å²) in [4.78, 5) is 0. The third kappa shape index (κ3) is 9.44. The maximum atomic E-state index is 10.8. The van der Waals surface area contributed by atoms with Gasteiger partial charge in [0.2, 0.25) is 0 Å². The van der Waals surface area contributed by atoms with Crippen LogP contribution in [0.15, 0.2) is 24.3 Å². The summed E-state index contributed by atoms with van der Waals surface area (Å²) in [6.45, 7) is 6.91. The molecule has 0 spiro atoms. The second-order valence-electron chi connectivity index (χ2n) is 5.54. The lowest BCUT2D eigenvalue weighted by Crippen LogP contribution is -2.83. The van der Waals surface area contributed by atoms with Crippen LogP contribution in [0.25, 0.3) is 4.72 Å². The van der Waals surface area contributed by atoms with Crippen LogP contribution in [0.2, 0.25) is 0 Å². The smallest absolute Gasteiger partial charge is 0.119 e. The van der Waals surface area contributed by atoms with Gasteiger partial charge < -0.3 is 14.8 Å². The molecule has 5 nitrogen and oxygen atoms in total. The van der Waals surface area contributed by atoms with Crippen LogP contribution in [0.4, 0.5) is 0 Å². The Morgan fingerprint density at radius 1 is 1.24 bits per heavy atom. The molecule has 0 aromatic heterocycles. The standard InChI is InChI=1S/C15H25N2O3S/c1-13(2)8-11-20-15-6-4-14(5-7-15)12-16-9-10-17-21(3,18)19/h4-7,13,16H,8-12H2,1-3H3/q-1/p+1. The number of ether oxygens (including phenoxy) is 1. The van der Waals surface area contributed by atoms with Gasteiger partial charge in [-0.3, -0.25) is 0 Å². The molecule has 0 saturated carbocycles. The lowest BCUT2D eigenvalue weighted by Gasteiger charge is -2.14. The summed E-state index contributed by atoms with van der Waals surface area (Å²) in [7, 11) is -3.20. The first kappa shape index (κ1) is 17.9. The first-order valence-electron chi connectivity index (χ1n) is 7.29. The van der Waals surface area contributed by atoms with Crippen LogP contribution in [-0.4, -0.2) is 34.4 Å². The van der Waals surface area contributed by atoms with Crippen LogP contribution in [0.3, 0.4) is 0 Å². The van der Waals surface area contributed by atoms with E-state index in [2.05, 4.69) is 18.6 Å². The average Bonchev–Trinajstić information content (AvgIpc) is 2.38. The molecule has 0 fully saturated rings. The first-order valence-corrected chi connectivity index (χ1v) is 9.14. The summed E-state index contributed by atoms with van der Waals surface area (Å²) in [5, 5.41) is 2.04. The number of nitrogens with zero attached hydrogens (tertiary/aromatic N) is 1. The SMILES string of the molecule is CC(C)CCOc1ccc(C[NH2+]CC[N-]S(C)(=O)=O)cc1. The van der Waals surface area contributed by atoms with Crippen molar-refractivity contribution in [3.8, 4) is 5.75 Å². The molecule has 1 rings (SSSR count). The van der Waals surface area contributed by atoms with E-state index in [0.717, 1.165) is 31.6 Å². The largest absolute Gasteiger partial charge is 0.545 e. The first-order chi connectivity index (χ1) is 9.87. The molecule has 0 amide bonds. The molecule has 1 aromatic carbocycles. The van der Waals surface area contributed by atoms with Gasteiger partial charge in [0.15, 0.2) is 0 Å². The predicted molar refractivity (Wildman–Crippen MR) is 85.0 cm³/mol. The molecule has 0 heterocycles. The summed E-state index contributed by atoms with van der Waals surface area (Å²) < 4.78 is 30.9. The normalized spacial score (nSPS) is 11.8. The van der Waals surface area contributed by atoms with Gasteiger partial charge in [0.05, 0.1) is 23.2 Å². The quantitative estimate of drug-likeness (QED) is 0.665. The van der Waals surface area contributed by atoms with Gasteiger partial charge in [0, 0.05) is 11.8 Å². The van der Waals surface area contributed by atoms with Gasteiger partial charge in [0.1, 0.15) is 12.3 Å². The van der Waals surface area contributed by atoms with E-state index in [1.165, 1.54) is 5.56 Å². The molecule has 21 heavy (non-hydrogen) atoms. The van der Waals surface area contributed by atoms with Crippen LogP contribution in [0, 0.1) is 5.92 Å². The van der Waals surface area contributed by atoms with E-state index in [1.54, 1.807) is 0 Å². The summed E-state index contributed by atoms with van der Waals surface area (Å²) in [5.41, 5.74) is 1.19. The van der Waals surface area contributed by atoms with Crippen molar-refractivity contribution in [3.05, 3.63) is 34.6 Å². The molecule has 1 aromatic rings. The molecular formula is C15H26N2O3S. The van der Waals surface area contributed by atoms with Crippen molar-refractivity contribution < 1.29 is 18.5 Å². The molecular weight excluding hydrogens is 288 g/mol. The average molecular weight is 314 g/mol. The van der Waals surface area contributed by atoms with Crippen LogP contribution in [-0.2, 0) is 16.6 Å². The second kappa shape index (κ2) is 9.02. The van der Waals surface area contributed by atoms with Gasteiger partial charge >= 0.3 is 0 Å². The Labute approximate surface area is 128 Å². The van der Waals surface area contributed by atoms with Crippen molar-refractivity contribution in [2.24, 2.45) is 5.92 Å². The molecule has 0 aliphatic carbocycles. The van der Waals surface area contributed by atoms with E-state index in [4.69, 9.17) is 4.74 Å². The highest BCUT2D eigenvalue weighted by atomic mass is 32.2. The predicted octanol–water partition coefficient (Wildman–Crippen LogP) is 1.51. The molecule has 0 aliphatic heterocycles. The van der Waals surface area contributed by atoms with E-state index in [9.17, 15) is 8.42 Å². The van der Waals surface area contributed by atoms with Gasteiger partial charge in [0.25, 0.3) is 0 Å². The third-order valence-electron chi connectivity index (χ3n) is 2.93. The van der Waals surface area contributed by atoms with E-state index >= 15 is 0 Å². The van der Waals surface area contributed by atoms with E-state index in [1.807, 2.05) is 29.6 Å². The molecule has 0 unspecified atom stereocenters. The van der Waals surface area contributed by atoms with Crippen LogP contribution < -0.4 is 10.1 Å². The molecule has 0 aliphatic rings. The lowest BCUT2D eigenvalue weighted by atomic mass is 10.1. The van der Waals surface area contributed by atoms with Gasteiger partial charge in [-0.1, -0.05) is 20.4 Å². The summed E-state index contributed by atoms with van der Waals surface area (Å²) in [6, 6.07) is 8.03. The van der Waals surface area contributed by atoms with Crippen LogP contribution in [0.1, 0.15) is 25.8 Å². The molecule has 2 N–H and O–H groups in total. The zero-order chi connectivity index (χ0) is 15.7. The van der Waals surface area contributed by atoms with Crippen molar-refractivity contribution in [1.82, 2.24) is 0 Å². The molecule has 0 saturated heterocycles. The van der Waals surface area contributed by atoms with Crippen LogP contribution in [0.5, 0.6) is 5.75 Å². The molecule has 0 bridgehead atoms. The summed E-state index contributed by atoms with van der Waals surface area (Å²) >= 11 is 0. The Kier molecular flexibility index (Phi) is 7.71. The fraction of sp³-hybridized carbons (Fsp3) is 0.600. The molecule has 0 atom stereocenters. The number of hydrogen-bond acceptors (Lipinski definition) is 3. The number of sulfonamides is 1. The number of rotatable bonds is 10. The minimum absolute atomic E-state index is 0.329.